The Balaban J connectivity index is 0.00000400. The molecule has 0 aliphatic rings. The molecular formula is C18H29ClO2. The summed E-state index contributed by atoms with van der Waals surface area (Å²) in [5, 5.41) is 0. The van der Waals surface area contributed by atoms with Crippen LogP contribution in [-0.4, -0.2) is 5.97 Å². The summed E-state index contributed by atoms with van der Waals surface area (Å²) in [5.41, 5.74) is 1.06. The minimum atomic E-state index is -0.0211. The minimum absolute atomic E-state index is 0. The van der Waals surface area contributed by atoms with E-state index in [1.165, 1.54) is 19.3 Å². The molecule has 0 aromatic heterocycles. The van der Waals surface area contributed by atoms with E-state index in [-0.39, 0.29) is 24.3 Å². The van der Waals surface area contributed by atoms with E-state index in [2.05, 4.69) is 13.8 Å². The van der Waals surface area contributed by atoms with Crippen LogP contribution < -0.4 is 0 Å². The molecule has 21 heavy (non-hydrogen) atoms. The lowest BCUT2D eigenvalue weighted by atomic mass is 9.96. The van der Waals surface area contributed by atoms with Gasteiger partial charge in [-0.05, 0) is 18.4 Å². The summed E-state index contributed by atoms with van der Waals surface area (Å²) in [4.78, 5) is 12.1. The van der Waals surface area contributed by atoms with Crippen LogP contribution in [0, 0.1) is 5.92 Å². The average molecular weight is 313 g/mol. The zero-order valence-electron chi connectivity index (χ0n) is 13.3. The standard InChI is InChI=1S/C18H28O2.ClH/c1-3-5-6-10-14-17(11-4-2)18(19)20-15-16-12-8-7-9-13-16;/h7-9,12-13,17H,3-6,10-11,14-15H2,1-2H3;1H. The first-order valence-corrected chi connectivity index (χ1v) is 7.98. The van der Waals surface area contributed by atoms with Gasteiger partial charge in [0.05, 0.1) is 5.92 Å². The lowest BCUT2D eigenvalue weighted by molar-refractivity contribution is -0.150. The van der Waals surface area contributed by atoms with E-state index in [9.17, 15) is 4.79 Å². The van der Waals surface area contributed by atoms with Crippen molar-refractivity contribution in [3.63, 3.8) is 0 Å². The molecule has 0 spiro atoms. The van der Waals surface area contributed by atoms with Crippen molar-refractivity contribution in [2.75, 3.05) is 0 Å². The van der Waals surface area contributed by atoms with Crippen LogP contribution in [0.1, 0.15) is 64.4 Å². The zero-order chi connectivity index (χ0) is 14.6. The lowest BCUT2D eigenvalue weighted by Crippen LogP contribution is -2.17. The lowest BCUT2D eigenvalue weighted by Gasteiger charge is -2.15. The first-order valence-electron chi connectivity index (χ1n) is 7.98. The monoisotopic (exact) mass is 312 g/mol. The van der Waals surface area contributed by atoms with Crippen molar-refractivity contribution in [1.82, 2.24) is 0 Å². The summed E-state index contributed by atoms with van der Waals surface area (Å²) >= 11 is 0. The highest BCUT2D eigenvalue weighted by Crippen LogP contribution is 2.18. The molecule has 0 radical (unpaired) electrons. The van der Waals surface area contributed by atoms with Gasteiger partial charge in [-0.1, -0.05) is 76.3 Å². The first-order chi connectivity index (χ1) is 9.77. The second-order valence-electron chi connectivity index (χ2n) is 5.43. The molecule has 1 atom stereocenters. The SMILES string of the molecule is CCCCCCC(CCC)C(=O)OCc1ccccc1.Cl. The number of hydrogen-bond donors (Lipinski definition) is 0. The molecule has 0 fully saturated rings. The summed E-state index contributed by atoms with van der Waals surface area (Å²) in [5.74, 6) is 0.0627. The van der Waals surface area contributed by atoms with Crippen molar-refractivity contribution < 1.29 is 9.53 Å². The van der Waals surface area contributed by atoms with Crippen molar-refractivity contribution in [3.05, 3.63) is 35.9 Å². The van der Waals surface area contributed by atoms with Crippen LogP contribution >= 0.6 is 12.4 Å². The Morgan fingerprint density at radius 3 is 2.33 bits per heavy atom. The number of halogens is 1. The fraction of sp³-hybridized carbons (Fsp3) is 0.611. The van der Waals surface area contributed by atoms with Crippen LogP contribution in [0.3, 0.4) is 0 Å². The van der Waals surface area contributed by atoms with Gasteiger partial charge >= 0.3 is 5.97 Å². The summed E-state index contributed by atoms with van der Waals surface area (Å²) in [6.45, 7) is 4.73. The molecule has 120 valence electrons. The van der Waals surface area contributed by atoms with Gasteiger partial charge in [0.1, 0.15) is 6.61 Å². The molecule has 2 nitrogen and oxygen atoms in total. The highest BCUT2D eigenvalue weighted by molar-refractivity contribution is 5.85. The molecule has 0 bridgehead atoms. The largest absolute Gasteiger partial charge is 0.461 e. The summed E-state index contributed by atoms with van der Waals surface area (Å²) in [7, 11) is 0. The number of ether oxygens (including phenoxy) is 1. The van der Waals surface area contributed by atoms with E-state index in [4.69, 9.17) is 4.74 Å². The molecular weight excluding hydrogens is 284 g/mol. The van der Waals surface area contributed by atoms with Gasteiger partial charge in [0.25, 0.3) is 0 Å². The maximum absolute atomic E-state index is 12.1. The second-order valence-corrected chi connectivity index (χ2v) is 5.43. The third-order valence-electron chi connectivity index (χ3n) is 3.60. The number of rotatable bonds is 10. The van der Waals surface area contributed by atoms with Crippen LogP contribution in [0.2, 0.25) is 0 Å². The summed E-state index contributed by atoms with van der Waals surface area (Å²) in [6, 6.07) is 9.89. The maximum Gasteiger partial charge on any atom is 0.309 e. The van der Waals surface area contributed by atoms with Crippen molar-refractivity contribution in [1.29, 1.82) is 0 Å². The summed E-state index contributed by atoms with van der Waals surface area (Å²) < 4.78 is 5.46. The van der Waals surface area contributed by atoms with E-state index in [1.807, 2.05) is 30.3 Å². The topological polar surface area (TPSA) is 26.3 Å². The third kappa shape index (κ3) is 8.77. The average Bonchev–Trinajstić information content (AvgIpc) is 2.49. The number of unbranched alkanes of at least 4 members (excludes halogenated alkanes) is 3. The summed E-state index contributed by atoms with van der Waals surface area (Å²) in [6.07, 6.45) is 7.82. The van der Waals surface area contributed by atoms with Gasteiger partial charge < -0.3 is 4.74 Å². The van der Waals surface area contributed by atoms with Gasteiger partial charge in [0.2, 0.25) is 0 Å². The zero-order valence-corrected chi connectivity index (χ0v) is 14.2. The van der Waals surface area contributed by atoms with Crippen LogP contribution in [0.4, 0.5) is 0 Å². The molecule has 0 amide bonds. The van der Waals surface area contributed by atoms with E-state index >= 15 is 0 Å². The predicted octanol–water partition coefficient (Wildman–Crippen LogP) is 5.54. The highest BCUT2D eigenvalue weighted by atomic mass is 35.5. The molecule has 1 aromatic rings. The molecule has 0 saturated heterocycles. The molecule has 1 rings (SSSR count). The minimum Gasteiger partial charge on any atom is -0.461 e. The molecule has 1 aromatic carbocycles. The Morgan fingerprint density at radius 2 is 1.71 bits per heavy atom. The fourth-order valence-corrected chi connectivity index (χ4v) is 2.39. The van der Waals surface area contributed by atoms with Crippen molar-refractivity contribution in [2.45, 2.75) is 65.4 Å². The predicted molar refractivity (Wildman–Crippen MR) is 90.6 cm³/mol. The van der Waals surface area contributed by atoms with Crippen LogP contribution in [-0.2, 0) is 16.1 Å². The van der Waals surface area contributed by atoms with Gasteiger partial charge in [-0.3, -0.25) is 4.79 Å². The Morgan fingerprint density at radius 1 is 1.00 bits per heavy atom. The van der Waals surface area contributed by atoms with E-state index in [0.717, 1.165) is 31.2 Å². The molecule has 0 saturated carbocycles. The Hall–Kier alpha value is -1.02. The molecule has 0 heterocycles. The molecule has 0 aliphatic heterocycles. The first kappa shape index (κ1) is 20.0. The van der Waals surface area contributed by atoms with Gasteiger partial charge in [0.15, 0.2) is 0 Å². The van der Waals surface area contributed by atoms with Gasteiger partial charge in [-0.2, -0.15) is 0 Å². The Labute approximate surface area is 135 Å². The third-order valence-corrected chi connectivity index (χ3v) is 3.60. The van der Waals surface area contributed by atoms with Gasteiger partial charge in [0, 0.05) is 0 Å². The molecule has 1 unspecified atom stereocenters. The molecule has 0 N–H and O–H groups in total. The molecule has 3 heteroatoms. The normalized spacial score (nSPS) is 11.5. The highest BCUT2D eigenvalue weighted by Gasteiger charge is 2.18. The second kappa shape index (κ2) is 12.7. The van der Waals surface area contributed by atoms with Crippen molar-refractivity contribution in [3.8, 4) is 0 Å². The quantitative estimate of drug-likeness (QED) is 0.419. The van der Waals surface area contributed by atoms with Crippen molar-refractivity contribution >= 4 is 18.4 Å². The number of carbonyl (C=O) groups excluding carboxylic acids is 1. The molecule has 0 aliphatic carbocycles. The van der Waals surface area contributed by atoms with E-state index in [1.54, 1.807) is 0 Å². The van der Waals surface area contributed by atoms with E-state index in [0.29, 0.717) is 6.61 Å². The van der Waals surface area contributed by atoms with Crippen molar-refractivity contribution in [2.24, 2.45) is 5.92 Å². The fourth-order valence-electron chi connectivity index (χ4n) is 2.39. The smallest absolute Gasteiger partial charge is 0.309 e. The van der Waals surface area contributed by atoms with E-state index < -0.39 is 0 Å². The van der Waals surface area contributed by atoms with Gasteiger partial charge in [-0.15, -0.1) is 12.4 Å². The number of carbonyl (C=O) groups is 1. The Bertz CT molecular complexity index is 365. The number of benzene rings is 1. The van der Waals surface area contributed by atoms with Gasteiger partial charge in [-0.25, -0.2) is 0 Å². The Kier molecular flexibility index (Phi) is 12.1. The number of hydrogen-bond acceptors (Lipinski definition) is 2. The van der Waals surface area contributed by atoms with Crippen LogP contribution in [0.5, 0.6) is 0 Å². The van der Waals surface area contributed by atoms with Crippen LogP contribution in [0.25, 0.3) is 0 Å². The maximum atomic E-state index is 12.1. The van der Waals surface area contributed by atoms with Crippen LogP contribution in [0.15, 0.2) is 30.3 Å². The number of esters is 1.